The molecule has 3 rings (SSSR count). The minimum Gasteiger partial charge on any atom is -0.329 e. The van der Waals surface area contributed by atoms with Crippen molar-refractivity contribution < 1.29 is 0 Å². The standard InChI is InChI=1S/C14H24N4S/c1-11-5-14(8-15,9-18(11)13-3-4-13)17(2)6-12-7-19-10-16-12/h7,10-11,13H,3-6,8-9,15H2,1-2H3. The summed E-state index contributed by atoms with van der Waals surface area (Å²) in [5, 5.41) is 2.14. The van der Waals surface area contributed by atoms with Crippen molar-refractivity contribution in [3.8, 4) is 0 Å². The molecule has 1 aromatic heterocycles. The Bertz CT molecular complexity index is 417. The first-order valence-corrected chi connectivity index (χ1v) is 8.13. The highest BCUT2D eigenvalue weighted by atomic mass is 32.1. The third kappa shape index (κ3) is 2.57. The van der Waals surface area contributed by atoms with Gasteiger partial charge in [-0.2, -0.15) is 0 Å². The summed E-state index contributed by atoms with van der Waals surface area (Å²) in [6, 6.07) is 1.49. The molecule has 0 radical (unpaired) electrons. The maximum atomic E-state index is 6.16. The number of nitrogens with two attached hydrogens (primary N) is 1. The van der Waals surface area contributed by atoms with Gasteiger partial charge < -0.3 is 5.73 Å². The van der Waals surface area contributed by atoms with E-state index in [1.807, 2.05) is 5.51 Å². The van der Waals surface area contributed by atoms with Crippen LogP contribution in [-0.4, -0.2) is 52.5 Å². The molecule has 2 unspecified atom stereocenters. The fourth-order valence-electron chi connectivity index (χ4n) is 3.43. The predicted octanol–water partition coefficient (Wildman–Crippen LogP) is 1.53. The Morgan fingerprint density at radius 2 is 2.37 bits per heavy atom. The van der Waals surface area contributed by atoms with Crippen molar-refractivity contribution in [3.63, 3.8) is 0 Å². The van der Waals surface area contributed by atoms with Gasteiger partial charge in [-0.25, -0.2) is 4.98 Å². The van der Waals surface area contributed by atoms with Crippen LogP contribution in [-0.2, 0) is 6.54 Å². The highest BCUT2D eigenvalue weighted by Crippen LogP contribution is 2.39. The molecule has 1 saturated heterocycles. The van der Waals surface area contributed by atoms with Gasteiger partial charge in [0.05, 0.1) is 11.2 Å². The van der Waals surface area contributed by atoms with Crippen LogP contribution < -0.4 is 5.73 Å². The summed E-state index contributed by atoms with van der Waals surface area (Å²) in [6.45, 7) is 5.12. The lowest BCUT2D eigenvalue weighted by molar-refractivity contribution is 0.119. The number of likely N-dealkylation sites (N-methyl/N-ethyl adjacent to an activating group) is 1. The van der Waals surface area contributed by atoms with Gasteiger partial charge in [0, 0.05) is 42.6 Å². The SMILES string of the molecule is CC1CC(CN)(N(C)Cc2cscn2)CN1C1CC1. The molecule has 5 heteroatoms. The molecule has 106 valence electrons. The maximum Gasteiger partial charge on any atom is 0.0795 e. The molecule has 1 saturated carbocycles. The van der Waals surface area contributed by atoms with Gasteiger partial charge in [0.2, 0.25) is 0 Å². The van der Waals surface area contributed by atoms with E-state index in [2.05, 4.69) is 34.1 Å². The normalized spacial score (nSPS) is 32.3. The molecule has 2 N–H and O–H groups in total. The number of likely N-dealkylation sites (tertiary alicyclic amines) is 1. The van der Waals surface area contributed by atoms with Gasteiger partial charge in [0.25, 0.3) is 0 Å². The van der Waals surface area contributed by atoms with E-state index >= 15 is 0 Å². The van der Waals surface area contributed by atoms with Crippen LogP contribution in [0.25, 0.3) is 0 Å². The van der Waals surface area contributed by atoms with Crippen LogP contribution >= 0.6 is 11.3 Å². The van der Waals surface area contributed by atoms with Crippen molar-refractivity contribution in [2.24, 2.45) is 5.73 Å². The lowest BCUT2D eigenvalue weighted by Crippen LogP contribution is -2.53. The zero-order valence-electron chi connectivity index (χ0n) is 11.9. The summed E-state index contributed by atoms with van der Waals surface area (Å²) in [5.41, 5.74) is 9.36. The molecular formula is C14H24N4S. The molecular weight excluding hydrogens is 256 g/mol. The summed E-state index contributed by atoms with van der Waals surface area (Å²) in [7, 11) is 2.20. The zero-order chi connectivity index (χ0) is 13.5. The summed E-state index contributed by atoms with van der Waals surface area (Å²) >= 11 is 1.67. The molecule has 0 aromatic carbocycles. The van der Waals surface area contributed by atoms with E-state index in [1.165, 1.54) is 19.3 Å². The average molecular weight is 280 g/mol. The Balaban J connectivity index is 1.72. The van der Waals surface area contributed by atoms with Gasteiger partial charge in [0.15, 0.2) is 0 Å². The smallest absolute Gasteiger partial charge is 0.0795 e. The monoisotopic (exact) mass is 280 g/mol. The van der Waals surface area contributed by atoms with Gasteiger partial charge in [-0.15, -0.1) is 11.3 Å². The largest absolute Gasteiger partial charge is 0.329 e. The second kappa shape index (κ2) is 5.13. The Hall–Kier alpha value is -0.490. The summed E-state index contributed by atoms with van der Waals surface area (Å²) in [5.74, 6) is 0. The Morgan fingerprint density at radius 3 is 2.95 bits per heavy atom. The van der Waals surface area contributed by atoms with Crippen molar-refractivity contribution in [1.82, 2.24) is 14.8 Å². The van der Waals surface area contributed by atoms with E-state index in [4.69, 9.17) is 5.73 Å². The van der Waals surface area contributed by atoms with Crippen molar-refractivity contribution in [3.05, 3.63) is 16.6 Å². The number of hydrogen-bond acceptors (Lipinski definition) is 5. The molecule has 1 aliphatic heterocycles. The molecule has 2 aliphatic rings. The number of rotatable bonds is 5. The Kier molecular flexibility index (Phi) is 3.64. The second-order valence-electron chi connectivity index (χ2n) is 6.22. The first-order chi connectivity index (χ1) is 9.14. The fourth-order valence-corrected chi connectivity index (χ4v) is 3.98. The molecule has 2 atom stereocenters. The van der Waals surface area contributed by atoms with Crippen LogP contribution in [0.1, 0.15) is 31.9 Å². The molecule has 19 heavy (non-hydrogen) atoms. The van der Waals surface area contributed by atoms with E-state index < -0.39 is 0 Å². The van der Waals surface area contributed by atoms with E-state index in [1.54, 1.807) is 11.3 Å². The minimum atomic E-state index is 0.131. The topological polar surface area (TPSA) is 45.4 Å². The van der Waals surface area contributed by atoms with E-state index in [0.717, 1.165) is 31.4 Å². The maximum absolute atomic E-state index is 6.16. The molecule has 1 aliphatic carbocycles. The van der Waals surface area contributed by atoms with Crippen LogP contribution in [0, 0.1) is 0 Å². The number of thiazole rings is 1. The van der Waals surface area contributed by atoms with Crippen LogP contribution in [0.3, 0.4) is 0 Å². The molecule has 2 heterocycles. The molecule has 1 aromatic rings. The first-order valence-electron chi connectivity index (χ1n) is 7.19. The number of nitrogens with zero attached hydrogens (tertiary/aromatic N) is 3. The highest BCUT2D eigenvalue weighted by Gasteiger charge is 2.48. The van der Waals surface area contributed by atoms with Crippen LogP contribution in [0.15, 0.2) is 10.9 Å². The van der Waals surface area contributed by atoms with Gasteiger partial charge >= 0.3 is 0 Å². The number of aromatic nitrogens is 1. The van der Waals surface area contributed by atoms with Crippen LogP contribution in [0.4, 0.5) is 0 Å². The quantitative estimate of drug-likeness (QED) is 0.888. The van der Waals surface area contributed by atoms with Crippen molar-refractivity contribution in [1.29, 1.82) is 0 Å². The van der Waals surface area contributed by atoms with Crippen LogP contribution in [0.2, 0.25) is 0 Å². The fraction of sp³-hybridized carbons (Fsp3) is 0.786. The van der Waals surface area contributed by atoms with Gasteiger partial charge in [0.1, 0.15) is 0 Å². The molecule has 0 spiro atoms. The van der Waals surface area contributed by atoms with E-state index in [9.17, 15) is 0 Å². The molecule has 4 nitrogen and oxygen atoms in total. The Morgan fingerprint density at radius 1 is 1.58 bits per heavy atom. The average Bonchev–Trinajstić information content (AvgIpc) is 3.00. The predicted molar refractivity (Wildman–Crippen MR) is 79.2 cm³/mol. The highest BCUT2D eigenvalue weighted by molar-refractivity contribution is 7.07. The summed E-state index contributed by atoms with van der Waals surface area (Å²) in [4.78, 5) is 9.50. The lowest BCUT2D eigenvalue weighted by atomic mass is 9.94. The van der Waals surface area contributed by atoms with E-state index in [-0.39, 0.29) is 5.54 Å². The minimum absolute atomic E-state index is 0.131. The van der Waals surface area contributed by atoms with Crippen molar-refractivity contribution >= 4 is 11.3 Å². The van der Waals surface area contributed by atoms with Crippen LogP contribution in [0.5, 0.6) is 0 Å². The number of hydrogen-bond donors (Lipinski definition) is 1. The van der Waals surface area contributed by atoms with Crippen molar-refractivity contribution in [2.45, 2.75) is 50.4 Å². The second-order valence-corrected chi connectivity index (χ2v) is 6.94. The van der Waals surface area contributed by atoms with Gasteiger partial charge in [-0.1, -0.05) is 0 Å². The van der Waals surface area contributed by atoms with Crippen molar-refractivity contribution in [2.75, 3.05) is 20.1 Å². The summed E-state index contributed by atoms with van der Waals surface area (Å²) < 4.78 is 0. The molecule has 0 amide bonds. The zero-order valence-corrected chi connectivity index (χ0v) is 12.7. The lowest BCUT2D eigenvalue weighted by Gasteiger charge is -2.37. The third-order valence-corrected chi connectivity index (χ3v) is 5.44. The first kappa shape index (κ1) is 13.5. The Labute approximate surface area is 119 Å². The molecule has 2 fully saturated rings. The van der Waals surface area contributed by atoms with Gasteiger partial charge in [-0.3, -0.25) is 9.80 Å². The molecule has 0 bridgehead atoms. The van der Waals surface area contributed by atoms with Gasteiger partial charge in [-0.05, 0) is 33.2 Å². The van der Waals surface area contributed by atoms with E-state index in [0.29, 0.717) is 6.04 Å². The third-order valence-electron chi connectivity index (χ3n) is 4.81. The summed E-state index contributed by atoms with van der Waals surface area (Å²) in [6.07, 6.45) is 3.93.